The highest BCUT2D eigenvalue weighted by Crippen LogP contribution is 2.37. The first-order valence-corrected chi connectivity index (χ1v) is 9.55. The molecular formula is C18H18OS2. The third kappa shape index (κ3) is 2.95. The minimum atomic E-state index is 0.962. The van der Waals surface area contributed by atoms with Crippen LogP contribution < -0.4 is 4.74 Å². The van der Waals surface area contributed by atoms with E-state index < -0.39 is 0 Å². The summed E-state index contributed by atoms with van der Waals surface area (Å²) < 4.78 is 6.08. The topological polar surface area (TPSA) is 9.23 Å². The number of hydrogen-bond donors (Lipinski definition) is 0. The molecule has 0 saturated heterocycles. The maximum absolute atomic E-state index is 6.08. The van der Waals surface area contributed by atoms with Crippen molar-refractivity contribution in [3.8, 4) is 11.5 Å². The van der Waals surface area contributed by atoms with Gasteiger partial charge in [0.15, 0.2) is 0 Å². The van der Waals surface area contributed by atoms with Crippen molar-refractivity contribution >= 4 is 23.5 Å². The van der Waals surface area contributed by atoms with E-state index in [4.69, 9.17) is 4.74 Å². The Balaban J connectivity index is 1.58. The van der Waals surface area contributed by atoms with Crippen molar-refractivity contribution in [1.82, 2.24) is 0 Å². The summed E-state index contributed by atoms with van der Waals surface area (Å²) in [6.45, 7) is 0. The number of thioether (sulfide) groups is 2. The molecule has 0 N–H and O–H groups in total. The quantitative estimate of drug-likeness (QED) is 0.718. The molecule has 2 aliphatic heterocycles. The van der Waals surface area contributed by atoms with Gasteiger partial charge in [-0.15, -0.1) is 23.5 Å². The molecule has 0 aliphatic carbocycles. The van der Waals surface area contributed by atoms with Crippen molar-refractivity contribution in [1.29, 1.82) is 0 Å². The number of fused-ring (bicyclic) bond motifs is 2. The Hall–Kier alpha value is -1.06. The van der Waals surface area contributed by atoms with Gasteiger partial charge < -0.3 is 4.74 Å². The van der Waals surface area contributed by atoms with Crippen LogP contribution >= 0.6 is 23.5 Å². The lowest BCUT2D eigenvalue weighted by Gasteiger charge is -2.18. The Kier molecular flexibility index (Phi) is 3.87. The first-order chi connectivity index (χ1) is 10.4. The van der Waals surface area contributed by atoms with Crippen LogP contribution in [0.1, 0.15) is 24.0 Å². The normalized spacial score (nSPS) is 17.0. The first-order valence-electron chi connectivity index (χ1n) is 7.58. The van der Waals surface area contributed by atoms with Gasteiger partial charge in [0.2, 0.25) is 0 Å². The molecule has 4 rings (SSSR count). The molecule has 21 heavy (non-hydrogen) atoms. The van der Waals surface area contributed by atoms with Gasteiger partial charge in [-0.2, -0.15) is 0 Å². The summed E-state index contributed by atoms with van der Waals surface area (Å²) in [5.74, 6) is 4.38. The predicted octanol–water partition coefficient (Wildman–Crippen LogP) is 5.56. The third-order valence-electron chi connectivity index (χ3n) is 4.01. The molecule has 0 unspecified atom stereocenters. The Labute approximate surface area is 134 Å². The second kappa shape index (κ2) is 5.98. The number of ether oxygens (including phenoxy) is 1. The van der Waals surface area contributed by atoms with Gasteiger partial charge in [0.1, 0.15) is 11.5 Å². The fourth-order valence-corrected chi connectivity index (χ4v) is 5.03. The largest absolute Gasteiger partial charge is 0.457 e. The smallest absolute Gasteiger partial charge is 0.128 e. The molecule has 2 aromatic rings. The van der Waals surface area contributed by atoms with Gasteiger partial charge in [0.25, 0.3) is 0 Å². The van der Waals surface area contributed by atoms with Crippen molar-refractivity contribution in [2.45, 2.75) is 35.5 Å². The molecule has 0 aromatic heterocycles. The molecule has 1 nitrogen and oxygen atoms in total. The zero-order valence-electron chi connectivity index (χ0n) is 11.9. The van der Waals surface area contributed by atoms with E-state index >= 15 is 0 Å². The van der Waals surface area contributed by atoms with E-state index in [-0.39, 0.29) is 0 Å². The Morgan fingerprint density at radius 3 is 1.76 bits per heavy atom. The Morgan fingerprint density at radius 2 is 1.24 bits per heavy atom. The number of hydrogen-bond acceptors (Lipinski definition) is 3. The molecule has 0 spiro atoms. The zero-order chi connectivity index (χ0) is 14.1. The molecule has 0 amide bonds. The molecule has 0 radical (unpaired) electrons. The van der Waals surface area contributed by atoms with E-state index in [1.807, 2.05) is 23.5 Å². The molecule has 0 atom stereocenters. The summed E-state index contributed by atoms with van der Waals surface area (Å²) in [7, 11) is 0. The van der Waals surface area contributed by atoms with Crippen molar-refractivity contribution < 1.29 is 4.74 Å². The second-order valence-electron chi connectivity index (χ2n) is 5.55. The summed E-state index contributed by atoms with van der Waals surface area (Å²) in [6.07, 6.45) is 5.00. The van der Waals surface area contributed by atoms with Crippen LogP contribution in [0.4, 0.5) is 0 Å². The van der Waals surface area contributed by atoms with Crippen LogP contribution in [-0.2, 0) is 12.8 Å². The van der Waals surface area contributed by atoms with E-state index in [1.165, 1.54) is 58.1 Å². The van der Waals surface area contributed by atoms with Gasteiger partial charge in [-0.3, -0.25) is 0 Å². The van der Waals surface area contributed by atoms with E-state index in [1.54, 1.807) is 0 Å². The van der Waals surface area contributed by atoms with Crippen LogP contribution in [-0.4, -0.2) is 11.5 Å². The average molecular weight is 314 g/mol. The van der Waals surface area contributed by atoms with E-state index in [0.29, 0.717) is 0 Å². The lowest BCUT2D eigenvalue weighted by atomic mass is 10.1. The van der Waals surface area contributed by atoms with Crippen molar-refractivity contribution in [3.05, 3.63) is 47.5 Å². The predicted molar refractivity (Wildman–Crippen MR) is 91.0 cm³/mol. The molecule has 2 aliphatic rings. The van der Waals surface area contributed by atoms with Crippen LogP contribution in [0.2, 0.25) is 0 Å². The molecule has 0 bridgehead atoms. The highest BCUT2D eigenvalue weighted by Gasteiger charge is 2.13. The minimum Gasteiger partial charge on any atom is -0.457 e. The Bertz CT molecular complexity index is 609. The van der Waals surface area contributed by atoms with Crippen LogP contribution in [0.25, 0.3) is 0 Å². The number of rotatable bonds is 2. The zero-order valence-corrected chi connectivity index (χ0v) is 13.6. The molecule has 108 valence electrons. The fourth-order valence-electron chi connectivity index (χ4n) is 2.90. The van der Waals surface area contributed by atoms with Crippen LogP contribution in [0.5, 0.6) is 11.5 Å². The summed E-state index contributed by atoms with van der Waals surface area (Å²) in [5, 5.41) is 0. The maximum atomic E-state index is 6.08. The monoisotopic (exact) mass is 314 g/mol. The molecule has 2 heterocycles. The standard InChI is InChI=1S/C18H18OS2/c1-3-13-5-7-15(11-17(13)20-9-1)19-16-8-6-14-4-2-10-21-18(14)12-16/h5-8,11-12H,1-4,9-10H2. The summed E-state index contributed by atoms with van der Waals surface area (Å²) >= 11 is 3.90. The van der Waals surface area contributed by atoms with Gasteiger partial charge in [0, 0.05) is 9.79 Å². The molecular weight excluding hydrogens is 296 g/mol. The third-order valence-corrected chi connectivity index (χ3v) is 6.38. The van der Waals surface area contributed by atoms with E-state index in [0.717, 1.165) is 11.5 Å². The van der Waals surface area contributed by atoms with Gasteiger partial charge in [-0.1, -0.05) is 12.1 Å². The van der Waals surface area contributed by atoms with Crippen molar-refractivity contribution in [2.24, 2.45) is 0 Å². The van der Waals surface area contributed by atoms with E-state index in [9.17, 15) is 0 Å². The number of benzene rings is 2. The summed E-state index contributed by atoms with van der Waals surface area (Å²) in [6, 6.07) is 13.1. The van der Waals surface area contributed by atoms with Crippen molar-refractivity contribution in [2.75, 3.05) is 11.5 Å². The molecule has 0 saturated carbocycles. The van der Waals surface area contributed by atoms with Crippen LogP contribution in [0.15, 0.2) is 46.2 Å². The SMILES string of the molecule is c1cc2c(cc1Oc1ccc3c(c1)SCCC3)SCCC2. The average Bonchev–Trinajstić information content (AvgIpc) is 2.55. The maximum Gasteiger partial charge on any atom is 0.128 e. The number of aryl methyl sites for hydroxylation is 2. The van der Waals surface area contributed by atoms with Gasteiger partial charge >= 0.3 is 0 Å². The Morgan fingerprint density at radius 1 is 0.714 bits per heavy atom. The van der Waals surface area contributed by atoms with Gasteiger partial charge in [-0.25, -0.2) is 0 Å². The minimum absolute atomic E-state index is 0.962. The second-order valence-corrected chi connectivity index (χ2v) is 7.82. The fraction of sp³-hybridized carbons (Fsp3) is 0.333. The molecule has 3 heteroatoms. The van der Waals surface area contributed by atoms with Crippen molar-refractivity contribution in [3.63, 3.8) is 0 Å². The lowest BCUT2D eigenvalue weighted by Crippen LogP contribution is -1.99. The van der Waals surface area contributed by atoms with Gasteiger partial charge in [0.05, 0.1) is 0 Å². The van der Waals surface area contributed by atoms with Gasteiger partial charge in [-0.05, 0) is 72.6 Å². The molecule has 0 fully saturated rings. The highest BCUT2D eigenvalue weighted by atomic mass is 32.2. The lowest BCUT2D eigenvalue weighted by molar-refractivity contribution is 0.479. The first kappa shape index (κ1) is 13.6. The van der Waals surface area contributed by atoms with Crippen LogP contribution in [0.3, 0.4) is 0 Å². The summed E-state index contributed by atoms with van der Waals surface area (Å²) in [5.41, 5.74) is 2.94. The van der Waals surface area contributed by atoms with Crippen LogP contribution in [0, 0.1) is 0 Å². The van der Waals surface area contributed by atoms with E-state index in [2.05, 4.69) is 36.4 Å². The highest BCUT2D eigenvalue weighted by molar-refractivity contribution is 7.99. The molecule has 2 aromatic carbocycles. The summed E-state index contributed by atoms with van der Waals surface area (Å²) in [4.78, 5) is 2.79.